The van der Waals surface area contributed by atoms with Gasteiger partial charge < -0.3 is 9.47 Å². The van der Waals surface area contributed by atoms with Crippen molar-refractivity contribution < 1.29 is 9.47 Å². The zero-order chi connectivity index (χ0) is 13.9. The number of ether oxygens (including phenoxy) is 2. The molecule has 0 saturated heterocycles. The van der Waals surface area contributed by atoms with E-state index in [1.54, 1.807) is 13.3 Å². The van der Waals surface area contributed by atoms with Crippen LogP contribution in [0.1, 0.15) is 0 Å². The number of aromatic nitrogens is 1. The third kappa shape index (κ3) is 2.56. The van der Waals surface area contributed by atoms with Crippen LogP contribution < -0.4 is 9.47 Å². The fourth-order valence-corrected chi connectivity index (χ4v) is 2.57. The third-order valence-corrected chi connectivity index (χ3v) is 3.63. The van der Waals surface area contributed by atoms with Gasteiger partial charge in [-0.3, -0.25) is 0 Å². The largest absolute Gasteiger partial charge is 0.496 e. The molecule has 3 aromatic rings. The second-order valence-electron chi connectivity index (χ2n) is 4.23. The highest BCUT2D eigenvalue weighted by molar-refractivity contribution is 14.1. The van der Waals surface area contributed by atoms with E-state index in [9.17, 15) is 0 Å². The van der Waals surface area contributed by atoms with Crippen molar-refractivity contribution in [3.63, 3.8) is 0 Å². The highest BCUT2D eigenvalue weighted by atomic mass is 127. The Labute approximate surface area is 130 Å². The number of halogens is 1. The number of pyridine rings is 1. The lowest BCUT2D eigenvalue weighted by molar-refractivity contribution is 0.419. The Balaban J connectivity index is 2.08. The maximum Gasteiger partial charge on any atom is 0.227 e. The molecule has 0 amide bonds. The summed E-state index contributed by atoms with van der Waals surface area (Å²) >= 11 is 2.26. The zero-order valence-corrected chi connectivity index (χ0v) is 13.0. The quantitative estimate of drug-likeness (QED) is 0.624. The predicted octanol–water partition coefficient (Wildman–Crippen LogP) is 4.64. The van der Waals surface area contributed by atoms with Crippen LogP contribution >= 0.6 is 22.6 Å². The van der Waals surface area contributed by atoms with E-state index in [0.717, 1.165) is 25.8 Å². The van der Waals surface area contributed by atoms with E-state index in [1.807, 2.05) is 48.5 Å². The molecule has 0 atom stereocenters. The Morgan fingerprint density at radius 2 is 1.85 bits per heavy atom. The molecule has 2 aromatic carbocycles. The van der Waals surface area contributed by atoms with Crippen LogP contribution in [0.3, 0.4) is 0 Å². The van der Waals surface area contributed by atoms with Crippen LogP contribution in [0, 0.1) is 3.57 Å². The van der Waals surface area contributed by atoms with Crippen LogP contribution in [0.5, 0.6) is 17.4 Å². The molecule has 3 rings (SSSR count). The summed E-state index contributed by atoms with van der Waals surface area (Å²) in [4.78, 5) is 4.33. The zero-order valence-electron chi connectivity index (χ0n) is 10.8. The summed E-state index contributed by atoms with van der Waals surface area (Å²) in [7, 11) is 1.66. The molecule has 0 aliphatic heterocycles. The number of benzene rings is 2. The minimum Gasteiger partial charge on any atom is -0.496 e. The number of hydrogen-bond donors (Lipinski definition) is 0. The van der Waals surface area contributed by atoms with Gasteiger partial charge in [0, 0.05) is 20.5 Å². The lowest BCUT2D eigenvalue weighted by Crippen LogP contribution is -1.91. The van der Waals surface area contributed by atoms with Crippen LogP contribution in [-0.4, -0.2) is 12.1 Å². The van der Waals surface area contributed by atoms with E-state index in [1.165, 1.54) is 0 Å². The summed E-state index contributed by atoms with van der Waals surface area (Å²) in [6.07, 6.45) is 1.73. The highest BCUT2D eigenvalue weighted by Crippen LogP contribution is 2.32. The maximum atomic E-state index is 5.90. The molecule has 3 nitrogen and oxygen atoms in total. The molecule has 0 bridgehead atoms. The summed E-state index contributed by atoms with van der Waals surface area (Å²) < 4.78 is 12.4. The van der Waals surface area contributed by atoms with Gasteiger partial charge in [0.1, 0.15) is 11.5 Å². The molecule has 20 heavy (non-hydrogen) atoms. The van der Waals surface area contributed by atoms with Crippen LogP contribution in [-0.2, 0) is 0 Å². The smallest absolute Gasteiger partial charge is 0.227 e. The molecule has 1 heterocycles. The van der Waals surface area contributed by atoms with Crippen molar-refractivity contribution in [3.05, 3.63) is 58.3 Å². The molecule has 4 heteroatoms. The summed E-state index contributed by atoms with van der Waals surface area (Å²) in [6.45, 7) is 0. The van der Waals surface area contributed by atoms with E-state index in [2.05, 4.69) is 27.6 Å². The third-order valence-electron chi connectivity index (χ3n) is 2.96. The van der Waals surface area contributed by atoms with Crippen LogP contribution in [0.15, 0.2) is 54.7 Å². The average molecular weight is 377 g/mol. The second-order valence-corrected chi connectivity index (χ2v) is 5.48. The van der Waals surface area contributed by atoms with Crippen molar-refractivity contribution in [1.29, 1.82) is 0 Å². The first-order chi connectivity index (χ1) is 9.78. The molecular formula is C16H12INO2. The van der Waals surface area contributed by atoms with Crippen molar-refractivity contribution in [3.8, 4) is 17.4 Å². The normalized spacial score (nSPS) is 10.5. The summed E-state index contributed by atoms with van der Waals surface area (Å²) in [5.41, 5.74) is 0. The molecule has 0 fully saturated rings. The number of hydrogen-bond acceptors (Lipinski definition) is 3. The Morgan fingerprint density at radius 3 is 2.65 bits per heavy atom. The van der Waals surface area contributed by atoms with Crippen LogP contribution in [0.25, 0.3) is 10.8 Å². The minimum atomic E-state index is 0.586. The van der Waals surface area contributed by atoms with Gasteiger partial charge in [0.05, 0.1) is 7.11 Å². The monoisotopic (exact) mass is 377 g/mol. The molecule has 0 aliphatic carbocycles. The fraction of sp³-hybridized carbons (Fsp3) is 0.0625. The second kappa shape index (κ2) is 5.66. The first kappa shape index (κ1) is 13.2. The summed E-state index contributed by atoms with van der Waals surface area (Å²) in [6, 6.07) is 15.6. The Hall–Kier alpha value is -1.82. The highest BCUT2D eigenvalue weighted by Gasteiger charge is 2.08. The van der Waals surface area contributed by atoms with Gasteiger partial charge >= 0.3 is 0 Å². The standard InChI is InChI=1S/C16H12INO2/c1-19-15-7-3-6-14-13(15)8-9-18-16(14)20-12-5-2-4-11(17)10-12/h2-10H,1H3. The van der Waals surface area contributed by atoms with E-state index in [0.29, 0.717) is 5.88 Å². The van der Waals surface area contributed by atoms with E-state index in [-0.39, 0.29) is 0 Å². The van der Waals surface area contributed by atoms with Crippen molar-refractivity contribution in [1.82, 2.24) is 4.98 Å². The molecule has 0 aliphatic rings. The van der Waals surface area contributed by atoms with Crippen LogP contribution in [0.4, 0.5) is 0 Å². The molecule has 0 unspecified atom stereocenters. The summed E-state index contributed by atoms with van der Waals surface area (Å²) in [5, 5.41) is 1.93. The van der Waals surface area contributed by atoms with Gasteiger partial charge in [0.2, 0.25) is 5.88 Å². The molecule has 0 saturated carbocycles. The van der Waals surface area contributed by atoms with Crippen molar-refractivity contribution in [2.24, 2.45) is 0 Å². The lowest BCUT2D eigenvalue weighted by Gasteiger charge is -2.10. The fourth-order valence-electron chi connectivity index (χ4n) is 2.05. The number of fused-ring (bicyclic) bond motifs is 1. The average Bonchev–Trinajstić information content (AvgIpc) is 2.47. The van der Waals surface area contributed by atoms with Crippen molar-refractivity contribution in [2.45, 2.75) is 0 Å². The first-order valence-corrected chi connectivity index (χ1v) is 7.21. The van der Waals surface area contributed by atoms with E-state index in [4.69, 9.17) is 9.47 Å². The number of methoxy groups -OCH3 is 1. The van der Waals surface area contributed by atoms with Crippen molar-refractivity contribution in [2.75, 3.05) is 7.11 Å². The van der Waals surface area contributed by atoms with Gasteiger partial charge in [-0.15, -0.1) is 0 Å². The minimum absolute atomic E-state index is 0.586. The van der Waals surface area contributed by atoms with Crippen LogP contribution in [0.2, 0.25) is 0 Å². The Kier molecular flexibility index (Phi) is 3.73. The molecule has 0 spiro atoms. The van der Waals surface area contributed by atoms with Gasteiger partial charge in [0.15, 0.2) is 0 Å². The topological polar surface area (TPSA) is 31.4 Å². The first-order valence-electron chi connectivity index (χ1n) is 6.13. The van der Waals surface area contributed by atoms with Gasteiger partial charge in [-0.25, -0.2) is 4.98 Å². The maximum absolute atomic E-state index is 5.90. The lowest BCUT2D eigenvalue weighted by atomic mass is 10.1. The summed E-state index contributed by atoms with van der Waals surface area (Å²) in [5.74, 6) is 2.18. The van der Waals surface area contributed by atoms with Crippen molar-refractivity contribution >= 4 is 33.4 Å². The molecule has 1 aromatic heterocycles. The Morgan fingerprint density at radius 1 is 1.00 bits per heavy atom. The van der Waals surface area contributed by atoms with Gasteiger partial charge in [-0.2, -0.15) is 0 Å². The number of rotatable bonds is 3. The number of nitrogens with zero attached hydrogens (tertiary/aromatic N) is 1. The molecule has 100 valence electrons. The van der Waals surface area contributed by atoms with Gasteiger partial charge in [0.25, 0.3) is 0 Å². The van der Waals surface area contributed by atoms with Gasteiger partial charge in [-0.1, -0.05) is 12.1 Å². The van der Waals surface area contributed by atoms with E-state index < -0.39 is 0 Å². The molecule has 0 N–H and O–H groups in total. The SMILES string of the molecule is COc1cccc2c(Oc3cccc(I)c3)nccc12. The predicted molar refractivity (Wildman–Crippen MR) is 87.5 cm³/mol. The Bertz CT molecular complexity index is 758. The molecular weight excluding hydrogens is 365 g/mol. The van der Waals surface area contributed by atoms with Gasteiger partial charge in [-0.05, 0) is 59.0 Å². The van der Waals surface area contributed by atoms with E-state index >= 15 is 0 Å². The molecule has 0 radical (unpaired) electrons.